The highest BCUT2D eigenvalue weighted by molar-refractivity contribution is 6.26. The van der Waals surface area contributed by atoms with Crippen molar-refractivity contribution in [3.05, 3.63) is 61.1 Å². The Morgan fingerprint density at radius 1 is 0.864 bits per heavy atom. The largest absolute Gasteiger partial charge is 0.872 e. The third-order valence-electron chi connectivity index (χ3n) is 4.20. The van der Waals surface area contributed by atoms with E-state index in [4.69, 9.17) is 8.83 Å². The molecule has 104 valence electrons. The number of hydrogen-bond acceptors (Lipinski definition) is 2. The predicted molar refractivity (Wildman–Crippen MR) is 84.9 cm³/mol. The number of rotatable bonds is 0. The van der Waals surface area contributed by atoms with Gasteiger partial charge in [-0.05, 0) is 57.9 Å². The van der Waals surface area contributed by atoms with Gasteiger partial charge in [0.2, 0.25) is 0 Å². The average Bonchev–Trinajstić information content (AvgIpc) is 2.85. The minimum absolute atomic E-state index is 0.0259. The van der Waals surface area contributed by atoms with Crippen LogP contribution < -0.4 is 5.11 Å². The second-order valence-corrected chi connectivity index (χ2v) is 5.39. The van der Waals surface area contributed by atoms with Crippen LogP contribution in [0.1, 0.15) is 0 Å². The first-order valence-electron chi connectivity index (χ1n) is 7.06. The van der Waals surface area contributed by atoms with Crippen molar-refractivity contribution in [2.24, 2.45) is 0 Å². The number of fused-ring (bicyclic) bond motifs is 6. The highest BCUT2D eigenvalue weighted by Gasteiger charge is 2.15. The third-order valence-corrected chi connectivity index (χ3v) is 4.20. The third kappa shape index (κ3) is 1.37. The monoisotopic (exact) mass is 286 g/mol. The van der Waals surface area contributed by atoms with Crippen LogP contribution in [0.4, 0.5) is 0 Å². The van der Waals surface area contributed by atoms with Crippen LogP contribution in [-0.2, 0) is 0 Å². The fourth-order valence-electron chi connectivity index (χ4n) is 3.22. The van der Waals surface area contributed by atoms with Gasteiger partial charge in [0.1, 0.15) is 5.58 Å². The lowest BCUT2D eigenvalue weighted by Gasteiger charge is -2.05. The van der Waals surface area contributed by atoms with Crippen molar-refractivity contribution in [2.45, 2.75) is 0 Å². The molecule has 5 aromatic rings. The van der Waals surface area contributed by atoms with Gasteiger partial charge in [0.05, 0.1) is 11.6 Å². The molecule has 0 atom stereocenters. The Morgan fingerprint density at radius 3 is 2.77 bits per heavy atom. The number of benzene rings is 2. The van der Waals surface area contributed by atoms with Gasteiger partial charge >= 0.3 is 11.8 Å². The van der Waals surface area contributed by atoms with Crippen molar-refractivity contribution in [3.8, 4) is 5.75 Å². The molecule has 3 aromatic carbocycles. The van der Waals surface area contributed by atoms with Crippen LogP contribution in [0.3, 0.4) is 0 Å². The molecule has 0 saturated carbocycles. The van der Waals surface area contributed by atoms with Crippen molar-refractivity contribution >= 4 is 43.5 Å². The van der Waals surface area contributed by atoms with Gasteiger partial charge in [0.25, 0.3) is 0 Å². The van der Waals surface area contributed by atoms with Gasteiger partial charge in [0, 0.05) is 17.5 Å². The first kappa shape index (κ1) is 11.6. The Balaban J connectivity index is 2.09. The molecule has 22 heavy (non-hydrogen) atoms. The van der Waals surface area contributed by atoms with Crippen molar-refractivity contribution in [2.75, 3.05) is 0 Å². The Kier molecular flexibility index (Phi) is 2.09. The van der Waals surface area contributed by atoms with Gasteiger partial charge in [-0.15, -0.1) is 0 Å². The molecule has 0 unspecified atom stereocenters. The van der Waals surface area contributed by atoms with Crippen LogP contribution in [0.2, 0.25) is 0 Å². The zero-order valence-electron chi connectivity index (χ0n) is 11.5. The van der Waals surface area contributed by atoms with Gasteiger partial charge in [-0.3, -0.25) is 0 Å². The summed E-state index contributed by atoms with van der Waals surface area (Å²) in [7, 11) is 0. The second kappa shape index (κ2) is 3.98. The van der Waals surface area contributed by atoms with Crippen molar-refractivity contribution in [3.63, 3.8) is 0 Å². The van der Waals surface area contributed by atoms with Crippen molar-refractivity contribution in [1.82, 2.24) is 0 Å². The van der Waals surface area contributed by atoms with E-state index in [2.05, 4.69) is 0 Å². The standard InChI is InChI=1S/C19H10O3/c20-19-15-10-17-11(3-1-7-22-17)9-14(15)12-5-6-16-13(18(12)19)4-2-8-21-16/h1-10H. The summed E-state index contributed by atoms with van der Waals surface area (Å²) >= 11 is 0. The molecule has 0 aliphatic carbocycles. The van der Waals surface area contributed by atoms with E-state index >= 15 is 0 Å². The quantitative estimate of drug-likeness (QED) is 0.383. The van der Waals surface area contributed by atoms with E-state index in [9.17, 15) is 5.11 Å². The molecule has 0 aliphatic heterocycles. The fraction of sp³-hybridized carbons (Fsp3) is 0. The Labute approximate surface area is 125 Å². The van der Waals surface area contributed by atoms with Gasteiger partial charge in [-0.2, -0.15) is 0 Å². The molecular weight excluding hydrogens is 276 g/mol. The average molecular weight is 286 g/mol. The minimum Gasteiger partial charge on any atom is -0.872 e. The van der Waals surface area contributed by atoms with Crippen molar-refractivity contribution in [1.29, 1.82) is 0 Å². The molecule has 2 aromatic heterocycles. The summed E-state index contributed by atoms with van der Waals surface area (Å²) in [6, 6.07) is 15.3. The van der Waals surface area contributed by atoms with Crippen LogP contribution >= 0.6 is 0 Å². The van der Waals surface area contributed by atoms with Crippen LogP contribution in [0.15, 0.2) is 69.9 Å². The summed E-state index contributed by atoms with van der Waals surface area (Å²) in [5, 5.41) is 18.0. The summed E-state index contributed by atoms with van der Waals surface area (Å²) in [5.74, 6) is 0.0259. The molecule has 5 rings (SSSR count). The molecule has 3 nitrogen and oxygen atoms in total. The normalized spacial score (nSPS) is 11.8. The molecule has 0 N–H and O–H groups in total. The van der Waals surface area contributed by atoms with Gasteiger partial charge in [-0.1, -0.05) is 5.75 Å². The summed E-state index contributed by atoms with van der Waals surface area (Å²) in [4.78, 5) is 0. The lowest BCUT2D eigenvalue weighted by molar-refractivity contribution is -0.263. The molecule has 0 spiro atoms. The summed E-state index contributed by atoms with van der Waals surface area (Å²) in [6.07, 6.45) is 3.24. The maximum absolute atomic E-state index is 12.9. The molecule has 3 heteroatoms. The molecular formula is C19H10O3. The molecule has 0 saturated heterocycles. The second-order valence-electron chi connectivity index (χ2n) is 5.39. The summed E-state index contributed by atoms with van der Waals surface area (Å²) < 4.78 is 11.0. The van der Waals surface area contributed by atoms with Gasteiger partial charge in [-0.25, -0.2) is 4.42 Å². The van der Waals surface area contributed by atoms with Crippen LogP contribution in [0.25, 0.3) is 43.5 Å². The SMILES string of the molecule is [O-]c1c2cc3occcc3cc2c2ccc3[o+]cccc3c12. The first-order chi connectivity index (χ1) is 10.8. The van der Waals surface area contributed by atoms with E-state index in [1.807, 2.05) is 48.5 Å². The lowest BCUT2D eigenvalue weighted by Crippen LogP contribution is -1.88. The van der Waals surface area contributed by atoms with Crippen LogP contribution in [0, 0.1) is 0 Å². The van der Waals surface area contributed by atoms with E-state index in [-0.39, 0.29) is 5.75 Å². The first-order valence-corrected chi connectivity index (χ1v) is 7.06. The lowest BCUT2D eigenvalue weighted by atomic mass is 10.1. The molecule has 0 aliphatic rings. The van der Waals surface area contributed by atoms with Gasteiger partial charge < -0.3 is 9.52 Å². The van der Waals surface area contributed by atoms with Crippen LogP contribution in [0.5, 0.6) is 5.75 Å². The maximum atomic E-state index is 12.9. The minimum atomic E-state index is 0.0259. The summed E-state index contributed by atoms with van der Waals surface area (Å²) in [5.41, 5.74) is 1.44. The van der Waals surface area contributed by atoms with Gasteiger partial charge in [0.15, 0.2) is 0 Å². The summed E-state index contributed by atoms with van der Waals surface area (Å²) in [6.45, 7) is 0. The molecule has 0 bridgehead atoms. The Morgan fingerprint density at radius 2 is 1.82 bits per heavy atom. The van der Waals surface area contributed by atoms with Crippen LogP contribution in [-0.4, -0.2) is 0 Å². The molecule has 2 heterocycles. The Hall–Kier alpha value is -3.07. The Bertz CT molecular complexity index is 1190. The zero-order chi connectivity index (χ0) is 14.7. The highest BCUT2D eigenvalue weighted by Crippen LogP contribution is 2.42. The fourth-order valence-corrected chi connectivity index (χ4v) is 3.22. The van der Waals surface area contributed by atoms with Crippen molar-refractivity contribution < 1.29 is 13.9 Å². The molecule has 0 amide bonds. The smallest absolute Gasteiger partial charge is 0.360 e. The van der Waals surface area contributed by atoms with E-state index in [1.165, 1.54) is 0 Å². The number of hydrogen-bond donors (Lipinski definition) is 0. The highest BCUT2D eigenvalue weighted by atomic mass is 16.3. The van der Waals surface area contributed by atoms with E-state index in [1.54, 1.807) is 12.5 Å². The molecule has 0 radical (unpaired) electrons. The molecule has 0 fully saturated rings. The maximum Gasteiger partial charge on any atom is 0.360 e. The van der Waals surface area contributed by atoms with E-state index in [0.29, 0.717) is 10.8 Å². The van der Waals surface area contributed by atoms with E-state index < -0.39 is 0 Å². The zero-order valence-corrected chi connectivity index (χ0v) is 11.5. The predicted octanol–water partition coefficient (Wildman–Crippen LogP) is 4.84. The van der Waals surface area contributed by atoms with E-state index in [0.717, 1.165) is 32.7 Å². The topological polar surface area (TPSA) is 47.5 Å².